The van der Waals surface area contributed by atoms with Crippen molar-refractivity contribution in [2.75, 3.05) is 20.2 Å². The molecule has 0 saturated heterocycles. The number of rotatable bonds is 6. The van der Waals surface area contributed by atoms with E-state index in [1.807, 2.05) is 6.92 Å². The minimum atomic E-state index is -4.38. The van der Waals surface area contributed by atoms with Gasteiger partial charge >= 0.3 is 6.18 Å². The Hall–Kier alpha value is -1.35. The molecule has 0 radical (unpaired) electrons. The van der Waals surface area contributed by atoms with Gasteiger partial charge in [0.2, 0.25) is 0 Å². The topological polar surface area (TPSA) is 58.5 Å². The Morgan fingerprint density at radius 2 is 2.15 bits per heavy atom. The first kappa shape index (κ1) is 20.4. The van der Waals surface area contributed by atoms with Crippen LogP contribution in [-0.4, -0.2) is 43.3 Å². The van der Waals surface area contributed by atoms with Gasteiger partial charge < -0.3 is 15.4 Å². The second kappa shape index (κ2) is 8.34. The molecule has 0 bridgehead atoms. The monoisotopic (exact) mass is 404 g/mol. The quantitative estimate of drug-likeness (QED) is 0.562. The molecule has 2 N–H and O–H groups in total. The Labute approximate surface area is 161 Å². The fourth-order valence-corrected chi connectivity index (χ4v) is 5.10. The highest BCUT2D eigenvalue weighted by Gasteiger charge is 2.56. The van der Waals surface area contributed by atoms with Crippen molar-refractivity contribution < 1.29 is 17.9 Å². The van der Waals surface area contributed by atoms with Crippen molar-refractivity contribution >= 4 is 17.3 Å². The van der Waals surface area contributed by atoms with Crippen molar-refractivity contribution in [2.24, 2.45) is 10.4 Å². The zero-order chi connectivity index (χ0) is 19.5. The van der Waals surface area contributed by atoms with Crippen molar-refractivity contribution in [3.63, 3.8) is 0 Å². The molecule has 1 aromatic heterocycles. The average Bonchev–Trinajstić information content (AvgIpc) is 3.29. The third-order valence-corrected chi connectivity index (χ3v) is 6.60. The summed E-state index contributed by atoms with van der Waals surface area (Å²) in [6.07, 6.45) is 2.15. The molecule has 2 saturated carbocycles. The number of guanidine groups is 1. The maximum absolute atomic E-state index is 12.6. The second-order valence-corrected chi connectivity index (χ2v) is 8.13. The Morgan fingerprint density at radius 1 is 1.41 bits per heavy atom. The van der Waals surface area contributed by atoms with E-state index < -0.39 is 11.9 Å². The average molecular weight is 405 g/mol. The summed E-state index contributed by atoms with van der Waals surface area (Å²) in [6, 6.07) is 0.333. The lowest BCUT2D eigenvalue weighted by Crippen LogP contribution is -2.65. The molecule has 1 aromatic rings. The van der Waals surface area contributed by atoms with Gasteiger partial charge in [0.25, 0.3) is 0 Å². The van der Waals surface area contributed by atoms with E-state index in [0.717, 1.165) is 29.7 Å². The fraction of sp³-hybridized carbons (Fsp3) is 0.778. The summed E-state index contributed by atoms with van der Waals surface area (Å²) in [5.74, 6) is 0.689. The molecule has 2 atom stereocenters. The van der Waals surface area contributed by atoms with E-state index in [1.54, 1.807) is 7.05 Å². The van der Waals surface area contributed by atoms with E-state index in [9.17, 15) is 13.2 Å². The van der Waals surface area contributed by atoms with Crippen LogP contribution < -0.4 is 10.6 Å². The van der Waals surface area contributed by atoms with Gasteiger partial charge in [-0.2, -0.15) is 13.2 Å². The minimum Gasteiger partial charge on any atom is -0.378 e. The summed E-state index contributed by atoms with van der Waals surface area (Å²) in [5.41, 5.74) is -0.616. The predicted molar refractivity (Wildman–Crippen MR) is 100 cm³/mol. The molecule has 1 spiro atoms. The Balaban J connectivity index is 1.49. The van der Waals surface area contributed by atoms with E-state index in [-0.39, 0.29) is 5.41 Å². The molecular formula is C18H27F3N4OS. The predicted octanol–water partition coefficient (Wildman–Crippen LogP) is 3.61. The lowest BCUT2D eigenvalue weighted by Gasteiger charge is -2.54. The number of aromatic nitrogens is 1. The lowest BCUT2D eigenvalue weighted by atomic mass is 9.60. The minimum absolute atomic E-state index is 0.199. The largest absolute Gasteiger partial charge is 0.434 e. The molecule has 3 rings (SSSR count). The Morgan fingerprint density at radius 3 is 2.74 bits per heavy atom. The van der Waals surface area contributed by atoms with Gasteiger partial charge in [-0.05, 0) is 26.2 Å². The SMILES string of the molecule is CCOC1CC(NC(=NC)NCCc2nc(C(F)(F)F)cs2)C12CCCC2. The van der Waals surface area contributed by atoms with Crippen LogP contribution in [0.5, 0.6) is 0 Å². The molecule has 0 aliphatic heterocycles. The van der Waals surface area contributed by atoms with Crippen molar-refractivity contribution in [2.45, 2.75) is 63.8 Å². The first-order chi connectivity index (χ1) is 12.9. The Bertz CT molecular complexity index is 655. The molecule has 2 aliphatic carbocycles. The van der Waals surface area contributed by atoms with Crippen LogP contribution in [0, 0.1) is 5.41 Å². The number of ether oxygens (including phenoxy) is 1. The highest BCUT2D eigenvalue weighted by atomic mass is 32.1. The third kappa shape index (κ3) is 4.39. The van der Waals surface area contributed by atoms with Gasteiger partial charge in [-0.25, -0.2) is 4.98 Å². The zero-order valence-electron chi connectivity index (χ0n) is 15.7. The lowest BCUT2D eigenvalue weighted by molar-refractivity contribution is -0.140. The van der Waals surface area contributed by atoms with Crippen molar-refractivity contribution in [3.05, 3.63) is 16.1 Å². The number of aliphatic imine (C=N–C) groups is 1. The van der Waals surface area contributed by atoms with E-state index >= 15 is 0 Å². The van der Waals surface area contributed by atoms with Crippen molar-refractivity contribution in [3.8, 4) is 0 Å². The van der Waals surface area contributed by atoms with Crippen LogP contribution in [0.3, 0.4) is 0 Å². The van der Waals surface area contributed by atoms with Gasteiger partial charge in [0.05, 0.1) is 11.1 Å². The van der Waals surface area contributed by atoms with E-state index in [2.05, 4.69) is 20.6 Å². The summed E-state index contributed by atoms with van der Waals surface area (Å²) in [6.45, 7) is 3.26. The number of hydrogen-bond acceptors (Lipinski definition) is 4. The summed E-state index contributed by atoms with van der Waals surface area (Å²) in [5, 5.41) is 8.24. The molecule has 0 amide bonds. The van der Waals surface area contributed by atoms with Crippen LogP contribution >= 0.6 is 11.3 Å². The van der Waals surface area contributed by atoms with Crippen molar-refractivity contribution in [1.29, 1.82) is 0 Å². The summed E-state index contributed by atoms with van der Waals surface area (Å²) < 4.78 is 43.8. The zero-order valence-corrected chi connectivity index (χ0v) is 16.6. The molecule has 2 aliphatic rings. The molecule has 2 unspecified atom stereocenters. The molecule has 0 aromatic carbocycles. The van der Waals surface area contributed by atoms with Crippen LogP contribution in [0.4, 0.5) is 13.2 Å². The molecule has 27 heavy (non-hydrogen) atoms. The molecule has 152 valence electrons. The van der Waals surface area contributed by atoms with Crippen LogP contribution in [0.25, 0.3) is 0 Å². The number of alkyl halides is 3. The summed E-state index contributed by atoms with van der Waals surface area (Å²) >= 11 is 1.04. The van der Waals surface area contributed by atoms with E-state index in [4.69, 9.17) is 4.74 Å². The third-order valence-electron chi connectivity index (χ3n) is 5.70. The first-order valence-corrected chi connectivity index (χ1v) is 10.4. The summed E-state index contributed by atoms with van der Waals surface area (Å²) in [7, 11) is 1.71. The first-order valence-electron chi connectivity index (χ1n) is 9.49. The fourth-order valence-electron chi connectivity index (χ4n) is 4.29. The van der Waals surface area contributed by atoms with Crippen LogP contribution in [0.1, 0.15) is 49.7 Å². The van der Waals surface area contributed by atoms with Crippen LogP contribution in [0.2, 0.25) is 0 Å². The van der Waals surface area contributed by atoms with Crippen LogP contribution in [0.15, 0.2) is 10.4 Å². The van der Waals surface area contributed by atoms with Crippen LogP contribution in [-0.2, 0) is 17.3 Å². The van der Waals surface area contributed by atoms with Gasteiger partial charge in [-0.15, -0.1) is 11.3 Å². The van der Waals surface area contributed by atoms with Gasteiger partial charge in [-0.3, -0.25) is 4.99 Å². The molecule has 1 heterocycles. The van der Waals surface area contributed by atoms with Gasteiger partial charge in [-0.1, -0.05) is 12.8 Å². The van der Waals surface area contributed by atoms with Gasteiger partial charge in [0.15, 0.2) is 11.7 Å². The number of nitrogens with one attached hydrogen (secondary N) is 2. The number of nitrogens with zero attached hydrogens (tertiary/aromatic N) is 2. The highest BCUT2D eigenvalue weighted by molar-refractivity contribution is 7.09. The smallest absolute Gasteiger partial charge is 0.378 e. The maximum Gasteiger partial charge on any atom is 0.434 e. The van der Waals surface area contributed by atoms with Gasteiger partial charge in [0, 0.05) is 43.5 Å². The standard InChI is InChI=1S/C18H27F3N4OS/c1-3-26-14-10-12(17(14)7-4-5-8-17)25-16(22-2)23-9-6-15-24-13(11-27-15)18(19,20)21/h11-12,14H,3-10H2,1-2H3,(H2,22,23,25). The molecule has 9 heteroatoms. The molecule has 2 fully saturated rings. The number of halogens is 3. The van der Waals surface area contributed by atoms with Crippen molar-refractivity contribution in [1.82, 2.24) is 15.6 Å². The maximum atomic E-state index is 12.6. The molecular weight excluding hydrogens is 377 g/mol. The van der Waals surface area contributed by atoms with E-state index in [0.29, 0.717) is 36.1 Å². The Kier molecular flexibility index (Phi) is 6.30. The highest BCUT2D eigenvalue weighted by Crippen LogP contribution is 2.54. The summed E-state index contributed by atoms with van der Waals surface area (Å²) in [4.78, 5) is 7.93. The second-order valence-electron chi connectivity index (χ2n) is 7.19. The number of hydrogen-bond donors (Lipinski definition) is 2. The van der Waals surface area contributed by atoms with E-state index in [1.165, 1.54) is 25.7 Å². The molecule has 5 nitrogen and oxygen atoms in total. The normalized spacial score (nSPS) is 24.9. The number of thiazole rings is 1. The van der Waals surface area contributed by atoms with Gasteiger partial charge in [0.1, 0.15) is 0 Å².